The predicted octanol–water partition coefficient (Wildman–Crippen LogP) is -0.388. The summed E-state index contributed by atoms with van der Waals surface area (Å²) >= 11 is 0. The Bertz CT molecular complexity index is 490. The second-order valence-electron chi connectivity index (χ2n) is 5.70. The number of nitrogens with zero attached hydrogens (tertiary/aromatic N) is 3. The van der Waals surface area contributed by atoms with Gasteiger partial charge in [0.1, 0.15) is 12.1 Å². The number of carbonyl (C=O) groups excluding carboxylic acids is 1. The summed E-state index contributed by atoms with van der Waals surface area (Å²) in [6.07, 6.45) is 2.19. The number of hydrogen-bond donors (Lipinski definition) is 2. The zero-order valence-electron chi connectivity index (χ0n) is 12.9. The Morgan fingerprint density at radius 1 is 1.32 bits per heavy atom. The summed E-state index contributed by atoms with van der Waals surface area (Å²) in [5.74, 6) is 1.10. The van der Waals surface area contributed by atoms with E-state index in [4.69, 9.17) is 4.74 Å². The van der Waals surface area contributed by atoms with Gasteiger partial charge in [0, 0.05) is 51.9 Å². The molecule has 0 aliphatic carbocycles. The first kappa shape index (κ1) is 15.2. The van der Waals surface area contributed by atoms with Crippen LogP contribution in [0.5, 0.6) is 0 Å². The maximum Gasteiger partial charge on any atom is 0.223 e. The van der Waals surface area contributed by atoms with E-state index in [1.807, 2.05) is 24.4 Å². The van der Waals surface area contributed by atoms with Crippen molar-refractivity contribution >= 4 is 11.7 Å². The molecule has 3 rings (SSSR count). The third-order valence-corrected chi connectivity index (χ3v) is 4.14. The molecule has 2 atom stereocenters. The molecule has 120 valence electrons. The third kappa shape index (κ3) is 3.55. The molecule has 0 aromatic carbocycles. The van der Waals surface area contributed by atoms with Gasteiger partial charge in [-0.15, -0.1) is 0 Å². The average Bonchev–Trinajstić information content (AvgIpc) is 2.56. The normalized spacial score (nSPS) is 26.8. The van der Waals surface area contributed by atoms with E-state index in [1.54, 1.807) is 7.11 Å². The Hall–Kier alpha value is -1.70. The minimum Gasteiger partial charge on any atom is -0.383 e. The van der Waals surface area contributed by atoms with Crippen LogP contribution < -0.4 is 15.5 Å². The van der Waals surface area contributed by atoms with Crippen LogP contribution in [0, 0.1) is 0 Å². The number of carbonyl (C=O) groups is 1. The van der Waals surface area contributed by atoms with E-state index in [9.17, 15) is 4.79 Å². The van der Waals surface area contributed by atoms with Gasteiger partial charge in [-0.05, 0) is 12.1 Å². The molecule has 2 aliphatic heterocycles. The molecule has 2 aliphatic rings. The molecule has 2 unspecified atom stereocenters. The van der Waals surface area contributed by atoms with Gasteiger partial charge in [0.05, 0.1) is 6.61 Å². The average molecular weight is 305 g/mol. The van der Waals surface area contributed by atoms with Crippen LogP contribution >= 0.6 is 0 Å². The highest BCUT2D eigenvalue weighted by atomic mass is 16.5. The maximum absolute atomic E-state index is 11.8. The molecule has 0 spiro atoms. The largest absolute Gasteiger partial charge is 0.383 e. The van der Waals surface area contributed by atoms with Crippen molar-refractivity contribution in [3.63, 3.8) is 0 Å². The van der Waals surface area contributed by atoms with E-state index in [0.29, 0.717) is 13.0 Å². The monoisotopic (exact) mass is 305 g/mol. The molecule has 22 heavy (non-hydrogen) atoms. The summed E-state index contributed by atoms with van der Waals surface area (Å²) in [7, 11) is 1.66. The fraction of sp³-hybridized carbons (Fsp3) is 0.600. The minimum absolute atomic E-state index is 0.0811. The third-order valence-electron chi connectivity index (χ3n) is 4.14. The standard InChI is InChI=1S/C15H23N5O2/c1-22-11-12-10-14(21)18-15(17-12)20-8-6-19(7-9-20)13-4-2-3-5-16-13/h2-5,12,15,17H,6-11H2,1H3,(H,18,21). The van der Waals surface area contributed by atoms with Crippen molar-refractivity contribution in [3.8, 4) is 0 Å². The Kier molecular flexibility index (Phi) is 4.87. The van der Waals surface area contributed by atoms with Crippen LogP contribution in [0.1, 0.15) is 6.42 Å². The smallest absolute Gasteiger partial charge is 0.223 e. The number of pyridine rings is 1. The molecule has 1 aromatic heterocycles. The van der Waals surface area contributed by atoms with Gasteiger partial charge in [0.25, 0.3) is 0 Å². The lowest BCUT2D eigenvalue weighted by Gasteiger charge is -2.43. The van der Waals surface area contributed by atoms with Crippen LogP contribution in [0.4, 0.5) is 5.82 Å². The van der Waals surface area contributed by atoms with Gasteiger partial charge >= 0.3 is 0 Å². The number of ether oxygens (including phenoxy) is 1. The minimum atomic E-state index is -0.104. The van der Waals surface area contributed by atoms with Crippen molar-refractivity contribution in [3.05, 3.63) is 24.4 Å². The summed E-state index contributed by atoms with van der Waals surface area (Å²) in [5, 5.41) is 6.46. The fourth-order valence-corrected chi connectivity index (χ4v) is 3.01. The highest BCUT2D eigenvalue weighted by Crippen LogP contribution is 2.14. The summed E-state index contributed by atoms with van der Waals surface area (Å²) in [4.78, 5) is 20.8. The Balaban J connectivity index is 1.55. The number of nitrogens with one attached hydrogen (secondary N) is 2. The second-order valence-corrected chi connectivity index (χ2v) is 5.70. The lowest BCUT2D eigenvalue weighted by molar-refractivity contribution is -0.127. The van der Waals surface area contributed by atoms with Gasteiger partial charge in [-0.3, -0.25) is 15.0 Å². The van der Waals surface area contributed by atoms with Crippen molar-refractivity contribution in [2.45, 2.75) is 18.8 Å². The number of aromatic nitrogens is 1. The molecular formula is C15H23N5O2. The first-order chi connectivity index (χ1) is 10.8. The predicted molar refractivity (Wildman–Crippen MR) is 83.4 cm³/mol. The number of hydrogen-bond acceptors (Lipinski definition) is 6. The first-order valence-electron chi connectivity index (χ1n) is 7.70. The summed E-state index contributed by atoms with van der Waals surface area (Å²) in [6.45, 7) is 4.13. The Labute approximate surface area is 130 Å². The molecule has 2 fully saturated rings. The topological polar surface area (TPSA) is 69.7 Å². The van der Waals surface area contributed by atoms with E-state index in [-0.39, 0.29) is 18.2 Å². The number of anilines is 1. The molecular weight excluding hydrogens is 282 g/mol. The number of amides is 1. The van der Waals surface area contributed by atoms with E-state index < -0.39 is 0 Å². The lowest BCUT2D eigenvalue weighted by Crippen LogP contribution is -2.67. The van der Waals surface area contributed by atoms with Crippen LogP contribution in [-0.2, 0) is 9.53 Å². The van der Waals surface area contributed by atoms with Crippen LogP contribution in [0.2, 0.25) is 0 Å². The summed E-state index contributed by atoms with van der Waals surface area (Å²) < 4.78 is 5.16. The van der Waals surface area contributed by atoms with Crippen molar-refractivity contribution in [1.82, 2.24) is 20.5 Å². The molecule has 2 saturated heterocycles. The molecule has 0 saturated carbocycles. The van der Waals surface area contributed by atoms with Crippen molar-refractivity contribution in [2.75, 3.05) is 44.8 Å². The Morgan fingerprint density at radius 3 is 2.82 bits per heavy atom. The van der Waals surface area contributed by atoms with Crippen LogP contribution in [0.15, 0.2) is 24.4 Å². The highest BCUT2D eigenvalue weighted by Gasteiger charge is 2.31. The quantitative estimate of drug-likeness (QED) is 0.790. The zero-order chi connectivity index (χ0) is 15.4. The number of piperazine rings is 1. The molecule has 1 amide bonds. The van der Waals surface area contributed by atoms with Gasteiger partial charge < -0.3 is 15.0 Å². The fourth-order valence-electron chi connectivity index (χ4n) is 3.01. The molecule has 0 bridgehead atoms. The van der Waals surface area contributed by atoms with Gasteiger partial charge in [-0.25, -0.2) is 4.98 Å². The van der Waals surface area contributed by atoms with E-state index in [2.05, 4.69) is 25.4 Å². The summed E-state index contributed by atoms with van der Waals surface area (Å²) in [6, 6.07) is 6.05. The zero-order valence-corrected chi connectivity index (χ0v) is 12.9. The number of rotatable bonds is 4. The van der Waals surface area contributed by atoms with E-state index in [1.165, 1.54) is 0 Å². The first-order valence-corrected chi connectivity index (χ1v) is 7.70. The van der Waals surface area contributed by atoms with E-state index in [0.717, 1.165) is 32.0 Å². The van der Waals surface area contributed by atoms with Crippen molar-refractivity contribution < 1.29 is 9.53 Å². The molecule has 3 heterocycles. The van der Waals surface area contributed by atoms with Gasteiger partial charge in [-0.2, -0.15) is 0 Å². The highest BCUT2D eigenvalue weighted by molar-refractivity contribution is 5.77. The van der Waals surface area contributed by atoms with Crippen LogP contribution in [0.3, 0.4) is 0 Å². The number of methoxy groups -OCH3 is 1. The molecule has 1 aromatic rings. The van der Waals surface area contributed by atoms with Gasteiger partial charge in [0.15, 0.2) is 0 Å². The van der Waals surface area contributed by atoms with Crippen LogP contribution in [0.25, 0.3) is 0 Å². The van der Waals surface area contributed by atoms with Gasteiger partial charge in [-0.1, -0.05) is 6.07 Å². The van der Waals surface area contributed by atoms with E-state index >= 15 is 0 Å². The molecule has 2 N–H and O–H groups in total. The van der Waals surface area contributed by atoms with Crippen molar-refractivity contribution in [2.24, 2.45) is 0 Å². The summed E-state index contributed by atoms with van der Waals surface area (Å²) in [5.41, 5.74) is 0. The van der Waals surface area contributed by atoms with Gasteiger partial charge in [0.2, 0.25) is 5.91 Å². The molecule has 0 radical (unpaired) electrons. The van der Waals surface area contributed by atoms with Crippen LogP contribution in [-0.4, -0.2) is 68.0 Å². The Morgan fingerprint density at radius 2 is 2.14 bits per heavy atom. The second kappa shape index (κ2) is 7.04. The lowest BCUT2D eigenvalue weighted by atomic mass is 10.1. The molecule has 7 nitrogen and oxygen atoms in total. The molecule has 7 heteroatoms. The SMILES string of the molecule is COCC1CC(=O)NC(N2CCN(c3ccccn3)CC2)N1. The van der Waals surface area contributed by atoms with Crippen molar-refractivity contribution in [1.29, 1.82) is 0 Å². The maximum atomic E-state index is 11.8.